The van der Waals surface area contributed by atoms with Crippen molar-refractivity contribution in [3.63, 3.8) is 0 Å². The summed E-state index contributed by atoms with van der Waals surface area (Å²) in [5.41, 5.74) is 10.9. The molecule has 1 aromatic rings. The highest BCUT2D eigenvalue weighted by atomic mass is 32.2. The summed E-state index contributed by atoms with van der Waals surface area (Å²) >= 11 is 1.10. The minimum absolute atomic E-state index is 0.0146. The van der Waals surface area contributed by atoms with Crippen molar-refractivity contribution in [3.8, 4) is 0 Å². The molecule has 0 aromatic carbocycles. The number of guanidine groups is 1. The predicted molar refractivity (Wildman–Crippen MR) is 59.0 cm³/mol. The molecule has 0 radical (unpaired) electrons. The number of halogens is 1. The second-order valence-electron chi connectivity index (χ2n) is 2.64. The normalized spacial score (nSPS) is 9.67. The predicted octanol–water partition coefficient (Wildman–Crippen LogP) is 0.662. The SMILES string of the molecule is N=C(N=C(N)N)SCc1cncc(F)c1. The van der Waals surface area contributed by atoms with E-state index in [2.05, 4.69) is 9.98 Å². The van der Waals surface area contributed by atoms with Gasteiger partial charge >= 0.3 is 0 Å². The van der Waals surface area contributed by atoms with Gasteiger partial charge in [0.25, 0.3) is 0 Å². The zero-order valence-corrected chi connectivity index (χ0v) is 8.59. The molecule has 5 N–H and O–H groups in total. The fourth-order valence-electron chi connectivity index (χ4n) is 0.836. The number of aliphatic imine (C=N–C) groups is 1. The van der Waals surface area contributed by atoms with Crippen LogP contribution in [0, 0.1) is 11.2 Å². The van der Waals surface area contributed by atoms with Gasteiger partial charge in [0.2, 0.25) is 0 Å². The lowest BCUT2D eigenvalue weighted by atomic mass is 10.3. The zero-order valence-electron chi connectivity index (χ0n) is 7.77. The Balaban J connectivity index is 2.51. The first kappa shape index (κ1) is 11.4. The first-order valence-electron chi connectivity index (χ1n) is 3.98. The minimum atomic E-state index is -0.401. The number of nitrogens with one attached hydrogen (secondary N) is 1. The fraction of sp³-hybridized carbons (Fsp3) is 0.125. The molecule has 1 aromatic heterocycles. The topological polar surface area (TPSA) is 101 Å². The van der Waals surface area contributed by atoms with Crippen LogP contribution in [0.2, 0.25) is 0 Å². The number of rotatable bonds is 2. The molecular formula is C8H10FN5S. The van der Waals surface area contributed by atoms with Crippen LogP contribution in [0.5, 0.6) is 0 Å². The monoisotopic (exact) mass is 227 g/mol. The number of pyridine rings is 1. The number of hydrogen-bond donors (Lipinski definition) is 3. The molecule has 0 fully saturated rings. The first-order chi connectivity index (χ1) is 7.08. The van der Waals surface area contributed by atoms with Crippen molar-refractivity contribution in [3.05, 3.63) is 29.8 Å². The third-order valence-corrected chi connectivity index (χ3v) is 2.21. The Morgan fingerprint density at radius 2 is 2.27 bits per heavy atom. The lowest BCUT2D eigenvalue weighted by molar-refractivity contribution is 0.619. The molecule has 0 amide bonds. The van der Waals surface area contributed by atoms with Crippen molar-refractivity contribution in [2.24, 2.45) is 16.5 Å². The van der Waals surface area contributed by atoms with Gasteiger partial charge in [0.05, 0.1) is 6.20 Å². The lowest BCUT2D eigenvalue weighted by Crippen LogP contribution is -2.23. The molecule has 0 aliphatic heterocycles. The maximum atomic E-state index is 12.7. The summed E-state index contributed by atoms with van der Waals surface area (Å²) < 4.78 is 12.7. The quantitative estimate of drug-likeness (QED) is 0.510. The number of hydrogen-bond acceptors (Lipinski definition) is 3. The van der Waals surface area contributed by atoms with Crippen LogP contribution in [0.15, 0.2) is 23.5 Å². The summed E-state index contributed by atoms with van der Waals surface area (Å²) in [4.78, 5) is 7.20. The van der Waals surface area contributed by atoms with Crippen molar-refractivity contribution in [2.75, 3.05) is 0 Å². The van der Waals surface area contributed by atoms with E-state index in [-0.39, 0.29) is 11.1 Å². The van der Waals surface area contributed by atoms with Crippen molar-refractivity contribution < 1.29 is 4.39 Å². The van der Waals surface area contributed by atoms with Gasteiger partial charge in [0.15, 0.2) is 11.1 Å². The fourth-order valence-corrected chi connectivity index (χ4v) is 1.47. The van der Waals surface area contributed by atoms with E-state index < -0.39 is 5.82 Å². The van der Waals surface area contributed by atoms with Crippen LogP contribution in [0.4, 0.5) is 4.39 Å². The largest absolute Gasteiger partial charge is 0.370 e. The zero-order chi connectivity index (χ0) is 11.3. The summed E-state index contributed by atoms with van der Waals surface area (Å²) in [5.74, 6) is -0.160. The van der Waals surface area contributed by atoms with Gasteiger partial charge in [-0.05, 0) is 11.6 Å². The van der Waals surface area contributed by atoms with Crippen molar-refractivity contribution in [2.45, 2.75) is 5.75 Å². The smallest absolute Gasteiger partial charge is 0.193 e. The molecule has 0 aliphatic carbocycles. The van der Waals surface area contributed by atoms with Crippen LogP contribution >= 0.6 is 11.8 Å². The number of thioether (sulfide) groups is 1. The summed E-state index contributed by atoms with van der Waals surface area (Å²) in [6, 6.07) is 1.35. The molecule has 0 unspecified atom stereocenters. The molecule has 0 saturated carbocycles. The average molecular weight is 227 g/mol. The van der Waals surface area contributed by atoms with E-state index in [1.54, 1.807) is 0 Å². The maximum Gasteiger partial charge on any atom is 0.193 e. The average Bonchev–Trinajstić information content (AvgIpc) is 2.14. The van der Waals surface area contributed by atoms with Gasteiger partial charge in [0.1, 0.15) is 5.82 Å². The Hall–Kier alpha value is -1.63. The molecule has 0 saturated heterocycles. The molecule has 0 aliphatic rings. The third-order valence-electron chi connectivity index (χ3n) is 1.37. The summed E-state index contributed by atoms with van der Waals surface area (Å²) in [7, 11) is 0. The molecule has 0 atom stereocenters. The second kappa shape index (κ2) is 5.30. The van der Waals surface area contributed by atoms with E-state index in [4.69, 9.17) is 16.9 Å². The standard InChI is InChI=1S/C8H10FN5S/c9-6-1-5(2-13-3-6)4-15-8(12)14-7(10)11/h1-3H,4H2,(H5,10,11,12,14). The van der Waals surface area contributed by atoms with Crippen LogP contribution in [-0.2, 0) is 5.75 Å². The Labute approximate surface area is 90.3 Å². The highest BCUT2D eigenvalue weighted by molar-refractivity contribution is 8.13. The molecule has 7 heteroatoms. The van der Waals surface area contributed by atoms with Gasteiger partial charge in [-0.15, -0.1) is 0 Å². The Kier molecular flexibility index (Phi) is 4.04. The van der Waals surface area contributed by atoms with Crippen LogP contribution < -0.4 is 11.5 Å². The minimum Gasteiger partial charge on any atom is -0.370 e. The van der Waals surface area contributed by atoms with Crippen molar-refractivity contribution in [1.29, 1.82) is 5.41 Å². The van der Waals surface area contributed by atoms with E-state index >= 15 is 0 Å². The van der Waals surface area contributed by atoms with E-state index in [1.165, 1.54) is 12.3 Å². The van der Waals surface area contributed by atoms with E-state index in [9.17, 15) is 4.39 Å². The van der Waals surface area contributed by atoms with Gasteiger partial charge < -0.3 is 11.5 Å². The Morgan fingerprint density at radius 3 is 2.87 bits per heavy atom. The molecule has 0 bridgehead atoms. The van der Waals surface area contributed by atoms with Crippen LogP contribution in [-0.4, -0.2) is 16.1 Å². The van der Waals surface area contributed by atoms with Crippen LogP contribution in [0.1, 0.15) is 5.56 Å². The van der Waals surface area contributed by atoms with Gasteiger partial charge in [0, 0.05) is 11.9 Å². The van der Waals surface area contributed by atoms with Crippen molar-refractivity contribution in [1.82, 2.24) is 4.98 Å². The van der Waals surface area contributed by atoms with Crippen LogP contribution in [0.25, 0.3) is 0 Å². The van der Waals surface area contributed by atoms with Crippen LogP contribution in [0.3, 0.4) is 0 Å². The van der Waals surface area contributed by atoms with E-state index in [0.29, 0.717) is 11.3 Å². The van der Waals surface area contributed by atoms with E-state index in [0.717, 1.165) is 18.0 Å². The molecule has 80 valence electrons. The summed E-state index contributed by atoms with van der Waals surface area (Å²) in [6.07, 6.45) is 2.65. The highest BCUT2D eigenvalue weighted by Gasteiger charge is 2.00. The van der Waals surface area contributed by atoms with Gasteiger partial charge in [-0.3, -0.25) is 10.4 Å². The Bertz CT molecular complexity index is 388. The molecule has 15 heavy (non-hydrogen) atoms. The number of nitrogens with zero attached hydrogens (tertiary/aromatic N) is 2. The lowest BCUT2D eigenvalue weighted by Gasteiger charge is -1.99. The summed E-state index contributed by atoms with van der Waals surface area (Å²) in [5, 5.41) is 7.31. The Morgan fingerprint density at radius 1 is 1.53 bits per heavy atom. The molecule has 5 nitrogen and oxygen atoms in total. The van der Waals surface area contributed by atoms with Crippen molar-refractivity contribution >= 4 is 22.9 Å². The molecule has 1 heterocycles. The van der Waals surface area contributed by atoms with E-state index in [1.807, 2.05) is 0 Å². The molecule has 0 spiro atoms. The molecule has 1 rings (SSSR count). The summed E-state index contributed by atoms with van der Waals surface area (Å²) in [6.45, 7) is 0. The first-order valence-corrected chi connectivity index (χ1v) is 4.97. The van der Waals surface area contributed by atoms with Gasteiger partial charge in [-0.2, -0.15) is 4.99 Å². The number of nitrogens with two attached hydrogens (primary N) is 2. The van der Waals surface area contributed by atoms with Gasteiger partial charge in [-0.25, -0.2) is 4.39 Å². The molecular weight excluding hydrogens is 217 g/mol. The highest BCUT2D eigenvalue weighted by Crippen LogP contribution is 2.13. The second-order valence-corrected chi connectivity index (χ2v) is 3.61. The van der Waals surface area contributed by atoms with Gasteiger partial charge in [-0.1, -0.05) is 11.8 Å². The third kappa shape index (κ3) is 4.41. The number of aromatic nitrogens is 1. The maximum absolute atomic E-state index is 12.7. The number of amidine groups is 1.